The summed E-state index contributed by atoms with van der Waals surface area (Å²) in [4.78, 5) is 22.1. The summed E-state index contributed by atoms with van der Waals surface area (Å²) >= 11 is 0. The number of methoxy groups -OCH3 is 1. The third-order valence-corrected chi connectivity index (χ3v) is 6.63. The van der Waals surface area contributed by atoms with Crippen molar-refractivity contribution in [2.45, 2.75) is 38.8 Å². The predicted octanol–water partition coefficient (Wildman–Crippen LogP) is 4.48. The van der Waals surface area contributed by atoms with Crippen LogP contribution < -0.4 is 11.1 Å². The van der Waals surface area contributed by atoms with Crippen molar-refractivity contribution in [3.05, 3.63) is 82.7 Å². The zero-order valence-corrected chi connectivity index (χ0v) is 20.7. The van der Waals surface area contributed by atoms with E-state index < -0.39 is 5.91 Å². The lowest BCUT2D eigenvalue weighted by atomic mass is 9.93. The lowest BCUT2D eigenvalue weighted by Gasteiger charge is -2.27. The molecule has 2 aromatic heterocycles. The van der Waals surface area contributed by atoms with Gasteiger partial charge in [0.15, 0.2) is 0 Å². The van der Waals surface area contributed by atoms with Crippen LogP contribution in [0.25, 0.3) is 16.9 Å². The van der Waals surface area contributed by atoms with Crippen molar-refractivity contribution in [2.75, 3.05) is 25.6 Å². The van der Waals surface area contributed by atoms with Gasteiger partial charge in [-0.1, -0.05) is 36.4 Å². The van der Waals surface area contributed by atoms with E-state index in [1.54, 1.807) is 13.2 Å². The highest BCUT2D eigenvalue weighted by atomic mass is 16.5. The molecule has 2 aromatic carbocycles. The largest absolute Gasteiger partial charge is 0.382 e. The van der Waals surface area contributed by atoms with Crippen molar-refractivity contribution in [2.24, 2.45) is 5.73 Å². The number of nitrogens with one attached hydrogen (secondary N) is 1. The second-order valence-electron chi connectivity index (χ2n) is 9.04. The molecule has 0 spiro atoms. The Hall–Kier alpha value is -3.75. The molecule has 0 saturated heterocycles. The number of anilines is 1. The minimum Gasteiger partial charge on any atom is -0.382 e. The number of aromatic nitrogens is 3. The maximum atomic E-state index is 12.1. The van der Waals surface area contributed by atoms with E-state index in [0.717, 1.165) is 52.9 Å². The van der Waals surface area contributed by atoms with Crippen LogP contribution >= 0.6 is 0 Å². The SMILES string of the molecule is COCCO[C@H]1CCCc2c(NCc3ccccc3)nc(-n3c(C)cc4c(C(N)=O)cccc43)nc21. The molecule has 0 radical (unpaired) electrons. The topological polar surface area (TPSA) is 104 Å². The van der Waals surface area contributed by atoms with Crippen molar-refractivity contribution in [3.8, 4) is 5.95 Å². The number of carbonyl (C=O) groups is 1. The summed E-state index contributed by atoms with van der Waals surface area (Å²) in [5.41, 5.74) is 11.1. The Morgan fingerprint density at radius 3 is 2.75 bits per heavy atom. The minimum absolute atomic E-state index is 0.133. The maximum Gasteiger partial charge on any atom is 0.249 e. The van der Waals surface area contributed by atoms with Crippen molar-refractivity contribution < 1.29 is 14.3 Å². The first-order valence-corrected chi connectivity index (χ1v) is 12.3. The Morgan fingerprint density at radius 1 is 1.14 bits per heavy atom. The van der Waals surface area contributed by atoms with Crippen LogP contribution in [0.1, 0.15) is 51.8 Å². The van der Waals surface area contributed by atoms with E-state index in [0.29, 0.717) is 31.3 Å². The van der Waals surface area contributed by atoms with Crippen LogP contribution in [0.5, 0.6) is 0 Å². The molecule has 186 valence electrons. The molecule has 2 heterocycles. The monoisotopic (exact) mass is 485 g/mol. The molecule has 1 amide bonds. The van der Waals surface area contributed by atoms with Crippen molar-refractivity contribution in [1.82, 2.24) is 14.5 Å². The fraction of sp³-hybridized carbons (Fsp3) is 0.321. The number of amides is 1. The van der Waals surface area contributed by atoms with Gasteiger partial charge in [-0.05, 0) is 49.9 Å². The first-order valence-electron chi connectivity index (χ1n) is 12.3. The third-order valence-electron chi connectivity index (χ3n) is 6.63. The van der Waals surface area contributed by atoms with Gasteiger partial charge in [-0.3, -0.25) is 9.36 Å². The molecule has 5 rings (SSSR count). The molecule has 0 unspecified atom stereocenters. The van der Waals surface area contributed by atoms with Crippen LogP contribution in [-0.4, -0.2) is 40.8 Å². The van der Waals surface area contributed by atoms with E-state index in [-0.39, 0.29) is 6.10 Å². The Kier molecular flexibility index (Phi) is 6.97. The van der Waals surface area contributed by atoms with Crippen LogP contribution in [0.2, 0.25) is 0 Å². The lowest BCUT2D eigenvalue weighted by molar-refractivity contribution is 0.00570. The Balaban J connectivity index is 1.62. The number of aryl methyl sites for hydroxylation is 1. The first-order chi connectivity index (χ1) is 17.6. The van der Waals surface area contributed by atoms with E-state index in [1.807, 2.05) is 47.9 Å². The van der Waals surface area contributed by atoms with Gasteiger partial charge in [-0.15, -0.1) is 0 Å². The molecular formula is C28H31N5O3. The van der Waals surface area contributed by atoms with Gasteiger partial charge < -0.3 is 20.5 Å². The van der Waals surface area contributed by atoms with Gasteiger partial charge >= 0.3 is 0 Å². The number of nitrogens with two attached hydrogens (primary N) is 1. The van der Waals surface area contributed by atoms with Gasteiger partial charge in [0.25, 0.3) is 0 Å². The summed E-state index contributed by atoms with van der Waals surface area (Å²) in [6.07, 6.45) is 2.64. The molecule has 1 aliphatic rings. The molecule has 1 atom stereocenters. The number of carbonyl (C=O) groups excluding carboxylic acids is 1. The Morgan fingerprint density at radius 2 is 1.97 bits per heavy atom. The number of nitrogens with zero attached hydrogens (tertiary/aromatic N) is 3. The number of hydrogen-bond donors (Lipinski definition) is 2. The van der Waals surface area contributed by atoms with Gasteiger partial charge in [-0.25, -0.2) is 4.98 Å². The molecular weight excluding hydrogens is 454 g/mol. The Labute approximate surface area is 210 Å². The molecule has 8 nitrogen and oxygen atoms in total. The smallest absolute Gasteiger partial charge is 0.249 e. The normalized spacial score (nSPS) is 15.1. The number of fused-ring (bicyclic) bond motifs is 2. The molecule has 0 aliphatic heterocycles. The molecule has 0 saturated carbocycles. The highest BCUT2D eigenvalue weighted by molar-refractivity contribution is 6.06. The van der Waals surface area contributed by atoms with E-state index in [2.05, 4.69) is 17.4 Å². The van der Waals surface area contributed by atoms with Gasteiger partial charge in [0, 0.05) is 35.9 Å². The molecule has 8 heteroatoms. The van der Waals surface area contributed by atoms with Crippen LogP contribution in [0.4, 0.5) is 5.82 Å². The highest BCUT2D eigenvalue weighted by Gasteiger charge is 2.28. The second-order valence-corrected chi connectivity index (χ2v) is 9.04. The highest BCUT2D eigenvalue weighted by Crippen LogP contribution is 2.36. The molecule has 4 aromatic rings. The Bertz CT molecular complexity index is 1380. The maximum absolute atomic E-state index is 12.1. The van der Waals surface area contributed by atoms with E-state index in [4.69, 9.17) is 25.2 Å². The number of benzene rings is 2. The zero-order valence-electron chi connectivity index (χ0n) is 20.7. The molecule has 0 bridgehead atoms. The van der Waals surface area contributed by atoms with E-state index in [9.17, 15) is 4.79 Å². The molecule has 0 fully saturated rings. The van der Waals surface area contributed by atoms with Crippen LogP contribution in [0.15, 0.2) is 54.6 Å². The summed E-state index contributed by atoms with van der Waals surface area (Å²) in [7, 11) is 1.67. The fourth-order valence-corrected chi connectivity index (χ4v) is 4.91. The summed E-state index contributed by atoms with van der Waals surface area (Å²) in [6, 6.07) is 17.8. The number of ether oxygens (including phenoxy) is 2. The van der Waals surface area contributed by atoms with Crippen molar-refractivity contribution in [1.29, 1.82) is 0 Å². The number of rotatable bonds is 9. The van der Waals surface area contributed by atoms with Crippen molar-refractivity contribution >= 4 is 22.6 Å². The minimum atomic E-state index is -0.457. The number of hydrogen-bond acceptors (Lipinski definition) is 6. The van der Waals surface area contributed by atoms with Gasteiger partial charge in [0.2, 0.25) is 11.9 Å². The second kappa shape index (κ2) is 10.5. The summed E-state index contributed by atoms with van der Waals surface area (Å²) in [5, 5.41) is 4.35. The standard InChI is InChI=1S/C28H31N5O3/c1-18-16-22-20(26(29)34)10-6-12-23(22)33(18)28-31-25-21(11-7-13-24(25)36-15-14-35-2)27(32-28)30-17-19-8-4-3-5-9-19/h3-6,8-10,12,16,24H,7,11,13-15,17H2,1-2H3,(H2,29,34)(H,30,31,32)/t24-/m0/s1. The van der Waals surface area contributed by atoms with E-state index in [1.165, 1.54) is 5.56 Å². The molecule has 1 aliphatic carbocycles. The summed E-state index contributed by atoms with van der Waals surface area (Å²) in [6.45, 7) is 3.66. The van der Waals surface area contributed by atoms with Crippen LogP contribution in [0.3, 0.4) is 0 Å². The quantitative estimate of drug-likeness (QED) is 0.339. The number of primary amides is 1. The molecule has 3 N–H and O–H groups in total. The summed E-state index contributed by atoms with van der Waals surface area (Å²) in [5.74, 6) is 0.896. The lowest BCUT2D eigenvalue weighted by Crippen LogP contribution is -2.21. The van der Waals surface area contributed by atoms with Gasteiger partial charge in [0.1, 0.15) is 11.9 Å². The average molecular weight is 486 g/mol. The average Bonchev–Trinajstić information content (AvgIpc) is 3.23. The first kappa shape index (κ1) is 24.0. The zero-order chi connectivity index (χ0) is 25.1. The molecule has 36 heavy (non-hydrogen) atoms. The third kappa shape index (κ3) is 4.69. The summed E-state index contributed by atoms with van der Waals surface area (Å²) < 4.78 is 13.4. The fourth-order valence-electron chi connectivity index (χ4n) is 4.91. The van der Waals surface area contributed by atoms with Gasteiger partial charge in [-0.2, -0.15) is 4.98 Å². The van der Waals surface area contributed by atoms with Gasteiger partial charge in [0.05, 0.1) is 24.4 Å². The van der Waals surface area contributed by atoms with Crippen LogP contribution in [-0.2, 0) is 22.4 Å². The predicted molar refractivity (Wildman–Crippen MR) is 139 cm³/mol. The van der Waals surface area contributed by atoms with E-state index >= 15 is 0 Å². The van der Waals surface area contributed by atoms with Crippen molar-refractivity contribution in [3.63, 3.8) is 0 Å². The van der Waals surface area contributed by atoms with Crippen LogP contribution in [0, 0.1) is 6.92 Å².